The monoisotopic (exact) mass is 219 g/mol. The largest absolute Gasteiger partial charge is 0.382 e. The second-order valence-electron chi connectivity index (χ2n) is 3.43. The van der Waals surface area contributed by atoms with Gasteiger partial charge >= 0.3 is 0 Å². The summed E-state index contributed by atoms with van der Waals surface area (Å²) < 4.78 is 5.10. The summed E-state index contributed by atoms with van der Waals surface area (Å²) >= 11 is 0. The molecule has 0 heterocycles. The molecule has 0 saturated heterocycles. The van der Waals surface area contributed by atoms with Gasteiger partial charge in [0.25, 0.3) is 0 Å². The van der Waals surface area contributed by atoms with E-state index in [-0.39, 0.29) is 11.9 Å². The lowest BCUT2D eigenvalue weighted by molar-refractivity contribution is -0.117. The van der Waals surface area contributed by atoms with Gasteiger partial charge in [-0.1, -0.05) is 36.4 Å². The highest BCUT2D eigenvalue weighted by atomic mass is 16.5. The summed E-state index contributed by atoms with van der Waals surface area (Å²) in [5.41, 5.74) is 1.04. The van der Waals surface area contributed by atoms with Crippen molar-refractivity contribution in [3.05, 3.63) is 48.0 Å². The lowest BCUT2D eigenvalue weighted by Crippen LogP contribution is -2.29. The normalized spacial score (nSPS) is 12.6. The summed E-state index contributed by atoms with van der Waals surface area (Å²) in [6, 6.07) is 9.68. The van der Waals surface area contributed by atoms with E-state index in [1.807, 2.05) is 37.3 Å². The minimum absolute atomic E-state index is 0.102. The van der Waals surface area contributed by atoms with E-state index in [9.17, 15) is 4.79 Å². The van der Waals surface area contributed by atoms with Crippen molar-refractivity contribution in [3.63, 3.8) is 0 Å². The number of rotatable bonds is 5. The lowest BCUT2D eigenvalue weighted by atomic mass is 10.1. The number of carbonyl (C=O) groups excluding carboxylic acids is 1. The van der Waals surface area contributed by atoms with E-state index in [0.717, 1.165) is 5.56 Å². The summed E-state index contributed by atoms with van der Waals surface area (Å²) in [5.74, 6) is -0.103. The van der Waals surface area contributed by atoms with Crippen LogP contribution in [-0.4, -0.2) is 19.6 Å². The molecule has 1 N–H and O–H groups in total. The average molecular weight is 219 g/mol. The Kier molecular flexibility index (Phi) is 5.29. The van der Waals surface area contributed by atoms with Crippen LogP contribution in [0.3, 0.4) is 0 Å². The van der Waals surface area contributed by atoms with Crippen molar-refractivity contribution in [2.24, 2.45) is 0 Å². The molecule has 1 aromatic rings. The van der Waals surface area contributed by atoms with Gasteiger partial charge in [0.2, 0.25) is 5.91 Å². The van der Waals surface area contributed by atoms with Gasteiger partial charge in [0.1, 0.15) is 0 Å². The fourth-order valence-corrected chi connectivity index (χ4v) is 1.44. The molecular weight excluding hydrogens is 202 g/mol. The predicted molar refractivity (Wildman–Crippen MR) is 64.0 cm³/mol. The highest BCUT2D eigenvalue weighted by Crippen LogP contribution is 2.12. The standard InChI is InChI=1S/C13H17NO2/c1-3-7-13(15)14-12(10-16-2)11-8-5-4-6-9-11/h3-9,12H,10H2,1-2H3,(H,14,15)/b7-3+. The van der Waals surface area contributed by atoms with Crippen molar-refractivity contribution >= 4 is 5.91 Å². The number of ether oxygens (including phenoxy) is 1. The molecule has 1 unspecified atom stereocenters. The van der Waals surface area contributed by atoms with E-state index in [1.54, 1.807) is 13.2 Å². The molecule has 0 aliphatic rings. The molecule has 3 heteroatoms. The van der Waals surface area contributed by atoms with Gasteiger partial charge in [-0.25, -0.2) is 0 Å². The number of hydrogen-bond acceptors (Lipinski definition) is 2. The number of amides is 1. The van der Waals surface area contributed by atoms with Crippen LogP contribution in [-0.2, 0) is 9.53 Å². The Morgan fingerprint density at radius 3 is 2.69 bits per heavy atom. The Labute approximate surface area is 96.1 Å². The summed E-state index contributed by atoms with van der Waals surface area (Å²) in [6.07, 6.45) is 3.22. The van der Waals surface area contributed by atoms with Crippen LogP contribution in [0.15, 0.2) is 42.5 Å². The topological polar surface area (TPSA) is 38.3 Å². The first-order valence-electron chi connectivity index (χ1n) is 5.25. The zero-order valence-electron chi connectivity index (χ0n) is 9.64. The maximum atomic E-state index is 11.4. The minimum atomic E-state index is -0.103. The first-order valence-corrected chi connectivity index (χ1v) is 5.25. The molecule has 0 radical (unpaired) electrons. The molecule has 16 heavy (non-hydrogen) atoms. The quantitative estimate of drug-likeness (QED) is 0.770. The van der Waals surface area contributed by atoms with E-state index in [4.69, 9.17) is 4.74 Å². The van der Waals surface area contributed by atoms with Crippen molar-refractivity contribution in [1.29, 1.82) is 0 Å². The lowest BCUT2D eigenvalue weighted by Gasteiger charge is -2.17. The van der Waals surface area contributed by atoms with Gasteiger partial charge in [0, 0.05) is 7.11 Å². The van der Waals surface area contributed by atoms with Crippen molar-refractivity contribution in [1.82, 2.24) is 5.32 Å². The van der Waals surface area contributed by atoms with Gasteiger partial charge in [-0.15, -0.1) is 0 Å². The second kappa shape index (κ2) is 6.80. The van der Waals surface area contributed by atoms with Crippen LogP contribution in [0.25, 0.3) is 0 Å². The predicted octanol–water partition coefficient (Wildman–Crippen LogP) is 2.07. The van der Waals surface area contributed by atoms with Crippen molar-refractivity contribution in [3.8, 4) is 0 Å². The molecule has 1 aromatic carbocycles. The molecular formula is C13H17NO2. The molecule has 0 aliphatic carbocycles. The van der Waals surface area contributed by atoms with Crippen LogP contribution >= 0.6 is 0 Å². The molecule has 0 bridgehead atoms. The first-order chi connectivity index (χ1) is 7.77. The Bertz CT molecular complexity index is 346. The number of nitrogens with one attached hydrogen (secondary N) is 1. The number of allylic oxidation sites excluding steroid dienone is 1. The van der Waals surface area contributed by atoms with Crippen LogP contribution in [0.1, 0.15) is 18.5 Å². The Morgan fingerprint density at radius 1 is 1.44 bits per heavy atom. The molecule has 86 valence electrons. The summed E-state index contributed by atoms with van der Waals surface area (Å²) in [7, 11) is 1.62. The zero-order valence-corrected chi connectivity index (χ0v) is 9.64. The molecule has 1 amide bonds. The minimum Gasteiger partial charge on any atom is -0.382 e. The molecule has 3 nitrogen and oxygen atoms in total. The number of carbonyl (C=O) groups is 1. The van der Waals surface area contributed by atoms with Crippen molar-refractivity contribution < 1.29 is 9.53 Å². The SMILES string of the molecule is C/C=C/C(=O)NC(COC)c1ccccc1. The smallest absolute Gasteiger partial charge is 0.244 e. The number of methoxy groups -OCH3 is 1. The van der Waals surface area contributed by atoms with Crippen LogP contribution in [0.5, 0.6) is 0 Å². The van der Waals surface area contributed by atoms with E-state index in [1.165, 1.54) is 6.08 Å². The Morgan fingerprint density at radius 2 is 2.12 bits per heavy atom. The summed E-state index contributed by atoms with van der Waals surface area (Å²) in [6.45, 7) is 2.28. The van der Waals surface area contributed by atoms with Crippen molar-refractivity contribution in [2.75, 3.05) is 13.7 Å². The van der Waals surface area contributed by atoms with E-state index < -0.39 is 0 Å². The van der Waals surface area contributed by atoms with E-state index in [2.05, 4.69) is 5.32 Å². The third kappa shape index (κ3) is 3.87. The Balaban J connectivity index is 2.72. The van der Waals surface area contributed by atoms with Gasteiger partial charge in [0.15, 0.2) is 0 Å². The third-order valence-corrected chi connectivity index (χ3v) is 2.17. The highest BCUT2D eigenvalue weighted by molar-refractivity contribution is 5.87. The molecule has 0 fully saturated rings. The van der Waals surface area contributed by atoms with Crippen LogP contribution in [0.2, 0.25) is 0 Å². The molecule has 1 rings (SSSR count). The van der Waals surface area contributed by atoms with Crippen LogP contribution in [0, 0.1) is 0 Å². The fraction of sp³-hybridized carbons (Fsp3) is 0.308. The fourth-order valence-electron chi connectivity index (χ4n) is 1.44. The van der Waals surface area contributed by atoms with Crippen LogP contribution < -0.4 is 5.32 Å². The van der Waals surface area contributed by atoms with Gasteiger partial charge in [-0.05, 0) is 18.6 Å². The van der Waals surface area contributed by atoms with Crippen LogP contribution in [0.4, 0.5) is 0 Å². The number of hydrogen-bond donors (Lipinski definition) is 1. The van der Waals surface area contributed by atoms with Gasteiger partial charge in [0.05, 0.1) is 12.6 Å². The van der Waals surface area contributed by atoms with Gasteiger partial charge < -0.3 is 10.1 Å². The van der Waals surface area contributed by atoms with E-state index >= 15 is 0 Å². The molecule has 0 aromatic heterocycles. The summed E-state index contributed by atoms with van der Waals surface area (Å²) in [5, 5.41) is 2.88. The van der Waals surface area contributed by atoms with Gasteiger partial charge in [-0.3, -0.25) is 4.79 Å². The second-order valence-corrected chi connectivity index (χ2v) is 3.43. The number of benzene rings is 1. The van der Waals surface area contributed by atoms with E-state index in [0.29, 0.717) is 6.61 Å². The highest BCUT2D eigenvalue weighted by Gasteiger charge is 2.12. The maximum absolute atomic E-state index is 11.4. The third-order valence-electron chi connectivity index (χ3n) is 2.17. The maximum Gasteiger partial charge on any atom is 0.244 e. The first kappa shape index (κ1) is 12.5. The van der Waals surface area contributed by atoms with Gasteiger partial charge in [-0.2, -0.15) is 0 Å². The zero-order chi connectivity index (χ0) is 11.8. The Hall–Kier alpha value is -1.61. The molecule has 0 saturated carbocycles. The van der Waals surface area contributed by atoms with Crippen molar-refractivity contribution in [2.45, 2.75) is 13.0 Å². The molecule has 0 spiro atoms. The average Bonchev–Trinajstić information content (AvgIpc) is 2.30. The molecule has 0 aliphatic heterocycles. The molecule has 1 atom stereocenters. The summed E-state index contributed by atoms with van der Waals surface area (Å²) in [4.78, 5) is 11.4.